The van der Waals surface area contributed by atoms with Gasteiger partial charge in [0.05, 0.1) is 6.10 Å². The molecule has 4 heteroatoms. The van der Waals surface area contributed by atoms with Gasteiger partial charge in [-0.2, -0.15) is 0 Å². The fraction of sp³-hybridized carbons (Fsp3) is 0.647. The van der Waals surface area contributed by atoms with Gasteiger partial charge in [0.25, 0.3) is 0 Å². The standard InChI is InChI=1S/C17H27NO3/c1-12(8-9-19-5)20-13-6-7-14-15(18-4)11-17(2,3)21-16(14)10-13/h6-7,10,12,15,18H,8-9,11H2,1-5H3. The number of hydrogen-bond acceptors (Lipinski definition) is 4. The monoisotopic (exact) mass is 293 g/mol. The highest BCUT2D eigenvalue weighted by atomic mass is 16.5. The van der Waals surface area contributed by atoms with Gasteiger partial charge in [0.15, 0.2) is 0 Å². The lowest BCUT2D eigenvalue weighted by molar-refractivity contribution is 0.0667. The summed E-state index contributed by atoms with van der Waals surface area (Å²) in [6.07, 6.45) is 1.96. The lowest BCUT2D eigenvalue weighted by Crippen LogP contribution is -2.38. The highest BCUT2D eigenvalue weighted by Crippen LogP contribution is 2.41. The van der Waals surface area contributed by atoms with E-state index in [0.717, 1.165) is 24.3 Å². The van der Waals surface area contributed by atoms with Gasteiger partial charge in [0, 0.05) is 44.2 Å². The molecule has 0 saturated carbocycles. The number of ether oxygens (including phenoxy) is 3. The summed E-state index contributed by atoms with van der Waals surface area (Å²) in [5.74, 6) is 1.77. The van der Waals surface area contributed by atoms with Crippen LogP contribution in [-0.4, -0.2) is 32.5 Å². The van der Waals surface area contributed by atoms with Crippen LogP contribution in [0.4, 0.5) is 0 Å². The Morgan fingerprint density at radius 1 is 1.43 bits per heavy atom. The Bertz CT molecular complexity index is 473. The summed E-state index contributed by atoms with van der Waals surface area (Å²) in [7, 11) is 3.70. The summed E-state index contributed by atoms with van der Waals surface area (Å²) in [6, 6.07) is 6.45. The largest absolute Gasteiger partial charge is 0.490 e. The van der Waals surface area contributed by atoms with Crippen molar-refractivity contribution in [3.05, 3.63) is 23.8 Å². The van der Waals surface area contributed by atoms with Gasteiger partial charge in [-0.3, -0.25) is 0 Å². The minimum absolute atomic E-state index is 0.125. The van der Waals surface area contributed by atoms with Crippen molar-refractivity contribution in [2.24, 2.45) is 0 Å². The molecule has 1 aromatic carbocycles. The maximum absolute atomic E-state index is 6.11. The van der Waals surface area contributed by atoms with E-state index in [9.17, 15) is 0 Å². The third kappa shape index (κ3) is 4.11. The zero-order valence-corrected chi connectivity index (χ0v) is 13.7. The number of hydrogen-bond donors (Lipinski definition) is 1. The first-order valence-corrected chi connectivity index (χ1v) is 7.61. The van der Waals surface area contributed by atoms with Gasteiger partial charge < -0.3 is 19.5 Å². The van der Waals surface area contributed by atoms with Gasteiger partial charge in [0.1, 0.15) is 17.1 Å². The number of benzene rings is 1. The zero-order chi connectivity index (χ0) is 15.5. The van der Waals surface area contributed by atoms with E-state index in [4.69, 9.17) is 14.2 Å². The van der Waals surface area contributed by atoms with Crippen LogP contribution in [0.2, 0.25) is 0 Å². The first kappa shape index (κ1) is 16.1. The summed E-state index contributed by atoms with van der Waals surface area (Å²) in [4.78, 5) is 0. The molecule has 0 aliphatic carbocycles. The molecular formula is C17H27NO3. The summed E-state index contributed by atoms with van der Waals surface area (Å²) in [5.41, 5.74) is 1.04. The summed E-state index contributed by atoms with van der Waals surface area (Å²) >= 11 is 0. The second-order valence-corrected chi connectivity index (χ2v) is 6.32. The van der Waals surface area contributed by atoms with Crippen LogP contribution in [0.1, 0.15) is 45.2 Å². The van der Waals surface area contributed by atoms with Crippen LogP contribution in [0, 0.1) is 0 Å². The number of nitrogens with one attached hydrogen (secondary N) is 1. The minimum Gasteiger partial charge on any atom is -0.490 e. The molecule has 4 nitrogen and oxygen atoms in total. The van der Waals surface area contributed by atoms with E-state index in [-0.39, 0.29) is 11.7 Å². The van der Waals surface area contributed by atoms with Gasteiger partial charge in [-0.25, -0.2) is 0 Å². The lowest BCUT2D eigenvalue weighted by atomic mass is 9.90. The van der Waals surface area contributed by atoms with Crippen molar-refractivity contribution in [2.45, 2.75) is 51.4 Å². The molecule has 0 spiro atoms. The average Bonchev–Trinajstić information content (AvgIpc) is 2.42. The molecule has 0 bridgehead atoms. The van der Waals surface area contributed by atoms with Crippen molar-refractivity contribution < 1.29 is 14.2 Å². The molecule has 2 atom stereocenters. The quantitative estimate of drug-likeness (QED) is 0.873. The van der Waals surface area contributed by atoms with E-state index in [2.05, 4.69) is 32.2 Å². The number of methoxy groups -OCH3 is 1. The minimum atomic E-state index is -0.166. The Morgan fingerprint density at radius 3 is 2.86 bits per heavy atom. The van der Waals surface area contributed by atoms with Crippen molar-refractivity contribution in [3.63, 3.8) is 0 Å². The van der Waals surface area contributed by atoms with E-state index in [1.807, 2.05) is 19.2 Å². The Balaban J connectivity index is 2.14. The Kier molecular flexibility index (Phi) is 5.12. The molecule has 0 radical (unpaired) electrons. The van der Waals surface area contributed by atoms with Crippen LogP contribution in [0.3, 0.4) is 0 Å². The maximum Gasteiger partial charge on any atom is 0.128 e. The van der Waals surface area contributed by atoms with E-state index in [1.165, 1.54) is 5.56 Å². The van der Waals surface area contributed by atoms with E-state index in [1.54, 1.807) is 7.11 Å². The molecule has 1 aromatic rings. The summed E-state index contributed by atoms with van der Waals surface area (Å²) in [5, 5.41) is 3.37. The topological polar surface area (TPSA) is 39.7 Å². The number of fused-ring (bicyclic) bond motifs is 1. The number of rotatable bonds is 6. The molecule has 2 unspecified atom stereocenters. The van der Waals surface area contributed by atoms with Crippen LogP contribution < -0.4 is 14.8 Å². The predicted octanol–water partition coefficient (Wildman–Crippen LogP) is 3.31. The molecule has 1 heterocycles. The first-order chi connectivity index (χ1) is 9.95. The SMILES string of the molecule is CNC1CC(C)(C)Oc2cc(OC(C)CCOC)ccc21. The lowest BCUT2D eigenvalue weighted by Gasteiger charge is -2.37. The fourth-order valence-electron chi connectivity index (χ4n) is 2.74. The predicted molar refractivity (Wildman–Crippen MR) is 84.1 cm³/mol. The van der Waals surface area contributed by atoms with Crippen LogP contribution >= 0.6 is 0 Å². The van der Waals surface area contributed by atoms with Crippen molar-refractivity contribution in [2.75, 3.05) is 20.8 Å². The Hall–Kier alpha value is -1.26. The zero-order valence-electron chi connectivity index (χ0n) is 13.7. The highest BCUT2D eigenvalue weighted by Gasteiger charge is 2.33. The van der Waals surface area contributed by atoms with Gasteiger partial charge in [-0.05, 0) is 33.9 Å². The van der Waals surface area contributed by atoms with Crippen LogP contribution in [0.15, 0.2) is 18.2 Å². The van der Waals surface area contributed by atoms with Gasteiger partial charge in [-0.15, -0.1) is 0 Å². The molecule has 0 amide bonds. The molecule has 118 valence electrons. The van der Waals surface area contributed by atoms with Crippen LogP contribution in [0.5, 0.6) is 11.5 Å². The van der Waals surface area contributed by atoms with Gasteiger partial charge in [-0.1, -0.05) is 6.07 Å². The van der Waals surface area contributed by atoms with Crippen molar-refractivity contribution in [3.8, 4) is 11.5 Å². The van der Waals surface area contributed by atoms with Crippen molar-refractivity contribution in [1.29, 1.82) is 0 Å². The maximum atomic E-state index is 6.11. The first-order valence-electron chi connectivity index (χ1n) is 7.61. The molecular weight excluding hydrogens is 266 g/mol. The summed E-state index contributed by atoms with van der Waals surface area (Å²) in [6.45, 7) is 7.00. The molecule has 0 saturated heterocycles. The van der Waals surface area contributed by atoms with Crippen LogP contribution in [-0.2, 0) is 4.74 Å². The third-order valence-corrected chi connectivity index (χ3v) is 3.86. The fourth-order valence-corrected chi connectivity index (χ4v) is 2.74. The second kappa shape index (κ2) is 6.67. The van der Waals surface area contributed by atoms with Gasteiger partial charge in [0.2, 0.25) is 0 Å². The van der Waals surface area contributed by atoms with E-state index < -0.39 is 0 Å². The highest BCUT2D eigenvalue weighted by molar-refractivity contribution is 5.44. The molecule has 0 aromatic heterocycles. The van der Waals surface area contributed by atoms with E-state index >= 15 is 0 Å². The van der Waals surface area contributed by atoms with Gasteiger partial charge >= 0.3 is 0 Å². The Morgan fingerprint density at radius 2 is 2.19 bits per heavy atom. The van der Waals surface area contributed by atoms with E-state index in [0.29, 0.717) is 12.6 Å². The van der Waals surface area contributed by atoms with Crippen molar-refractivity contribution in [1.82, 2.24) is 5.32 Å². The molecule has 0 fully saturated rings. The smallest absolute Gasteiger partial charge is 0.128 e. The van der Waals surface area contributed by atoms with Crippen molar-refractivity contribution >= 4 is 0 Å². The molecule has 2 rings (SSSR count). The molecule has 1 aliphatic rings. The Labute approximate surface area is 127 Å². The molecule has 1 aliphatic heterocycles. The third-order valence-electron chi connectivity index (χ3n) is 3.86. The molecule has 21 heavy (non-hydrogen) atoms. The normalized spacial score (nSPS) is 21.3. The molecule has 1 N–H and O–H groups in total. The second-order valence-electron chi connectivity index (χ2n) is 6.32. The summed E-state index contributed by atoms with van der Waals surface area (Å²) < 4.78 is 17.1. The van der Waals surface area contributed by atoms with Crippen LogP contribution in [0.25, 0.3) is 0 Å². The average molecular weight is 293 g/mol.